The molecule has 0 saturated heterocycles. The van der Waals surface area contributed by atoms with Gasteiger partial charge in [-0.25, -0.2) is 17.9 Å². The fraction of sp³-hybridized carbons (Fsp3) is 0.0476. The molecule has 0 aliphatic carbocycles. The first-order valence-corrected chi connectivity index (χ1v) is 10.1. The Morgan fingerprint density at radius 2 is 1.55 bits per heavy atom. The van der Waals surface area contributed by atoms with Crippen LogP contribution in [0.25, 0.3) is 0 Å². The second-order valence-corrected chi connectivity index (χ2v) is 7.89. The molecule has 3 aromatic carbocycles. The summed E-state index contributed by atoms with van der Waals surface area (Å²) in [5, 5.41) is 7.78. The number of primary sulfonamides is 1. The van der Waals surface area contributed by atoms with Crippen molar-refractivity contribution in [3.05, 3.63) is 94.8 Å². The maximum absolute atomic E-state index is 13.1. The topological polar surface area (TPSA) is 106 Å². The highest BCUT2D eigenvalue weighted by Crippen LogP contribution is 2.21. The lowest BCUT2D eigenvalue weighted by atomic mass is 9.98. The van der Waals surface area contributed by atoms with Gasteiger partial charge in [-0.05, 0) is 55.0 Å². The first-order valence-electron chi connectivity index (χ1n) is 8.51. The molecule has 1 amide bonds. The van der Waals surface area contributed by atoms with E-state index < -0.39 is 27.5 Å². The van der Waals surface area contributed by atoms with E-state index in [9.17, 15) is 22.4 Å². The van der Waals surface area contributed by atoms with Gasteiger partial charge in [0.05, 0.1) is 10.5 Å². The quantitative estimate of drug-likeness (QED) is 0.627. The highest BCUT2D eigenvalue weighted by atomic mass is 32.2. The molecule has 0 bridgehead atoms. The Balaban J connectivity index is 1.93. The van der Waals surface area contributed by atoms with Gasteiger partial charge in [0.25, 0.3) is 5.91 Å². The van der Waals surface area contributed by atoms with Crippen LogP contribution in [0.5, 0.6) is 0 Å². The number of hydrogen-bond acceptors (Lipinski definition) is 4. The number of rotatable bonds is 5. The van der Waals surface area contributed by atoms with E-state index in [2.05, 4.69) is 5.32 Å². The Bertz CT molecular complexity index is 1210. The minimum absolute atomic E-state index is 0.0968. The zero-order valence-electron chi connectivity index (χ0n) is 15.3. The third kappa shape index (κ3) is 4.56. The number of nitrogens with one attached hydrogen (secondary N) is 1. The molecule has 3 rings (SSSR count). The number of halogens is 1. The van der Waals surface area contributed by atoms with Crippen molar-refractivity contribution in [3.8, 4) is 0 Å². The van der Waals surface area contributed by atoms with Crippen LogP contribution in [0.4, 0.5) is 10.1 Å². The number of nitrogens with two attached hydrogens (primary N) is 1. The molecular formula is C21H17FN2O4S. The number of hydrogen-bond donors (Lipinski definition) is 2. The summed E-state index contributed by atoms with van der Waals surface area (Å²) in [6, 6.07) is 15.5. The van der Waals surface area contributed by atoms with E-state index in [-0.39, 0.29) is 27.3 Å². The SMILES string of the molecule is Cc1ccc(NC(=O)c2ccccc2C(=O)c2ccc(F)cc2)cc1S(N)(=O)=O. The van der Waals surface area contributed by atoms with Gasteiger partial charge in [-0.2, -0.15) is 0 Å². The molecule has 0 atom stereocenters. The predicted molar refractivity (Wildman–Crippen MR) is 107 cm³/mol. The van der Waals surface area contributed by atoms with Crippen molar-refractivity contribution < 1.29 is 22.4 Å². The Hall–Kier alpha value is -3.36. The minimum atomic E-state index is -3.95. The molecule has 3 aromatic rings. The van der Waals surface area contributed by atoms with Crippen LogP contribution >= 0.6 is 0 Å². The third-order valence-electron chi connectivity index (χ3n) is 4.28. The molecule has 29 heavy (non-hydrogen) atoms. The van der Waals surface area contributed by atoms with Crippen LogP contribution in [0, 0.1) is 12.7 Å². The van der Waals surface area contributed by atoms with Crippen molar-refractivity contribution >= 4 is 27.4 Å². The summed E-state index contributed by atoms with van der Waals surface area (Å²) in [5.74, 6) is -1.51. The van der Waals surface area contributed by atoms with Crippen molar-refractivity contribution in [2.24, 2.45) is 5.14 Å². The summed E-state index contributed by atoms with van der Waals surface area (Å²) in [6.45, 7) is 1.59. The average molecular weight is 412 g/mol. The lowest BCUT2D eigenvalue weighted by Crippen LogP contribution is -2.18. The number of benzene rings is 3. The number of carbonyl (C=O) groups is 2. The monoisotopic (exact) mass is 412 g/mol. The van der Waals surface area contributed by atoms with Gasteiger partial charge in [0, 0.05) is 16.8 Å². The van der Waals surface area contributed by atoms with Gasteiger partial charge < -0.3 is 5.32 Å². The molecule has 0 heterocycles. The van der Waals surface area contributed by atoms with Crippen LogP contribution in [0.3, 0.4) is 0 Å². The van der Waals surface area contributed by atoms with Crippen molar-refractivity contribution in [1.82, 2.24) is 0 Å². The van der Waals surface area contributed by atoms with Crippen LogP contribution in [-0.2, 0) is 10.0 Å². The molecule has 8 heteroatoms. The van der Waals surface area contributed by atoms with Crippen LogP contribution in [0.2, 0.25) is 0 Å². The lowest BCUT2D eigenvalue weighted by molar-refractivity contribution is 0.0996. The van der Waals surface area contributed by atoms with Crippen molar-refractivity contribution in [2.45, 2.75) is 11.8 Å². The smallest absolute Gasteiger partial charge is 0.256 e. The van der Waals surface area contributed by atoms with Crippen molar-refractivity contribution in [3.63, 3.8) is 0 Å². The number of carbonyl (C=O) groups excluding carboxylic acids is 2. The van der Waals surface area contributed by atoms with Crippen LogP contribution in [0.15, 0.2) is 71.6 Å². The number of anilines is 1. The fourth-order valence-corrected chi connectivity index (χ4v) is 3.63. The Labute approximate surface area is 167 Å². The predicted octanol–water partition coefficient (Wildman–Crippen LogP) is 3.26. The van der Waals surface area contributed by atoms with E-state index >= 15 is 0 Å². The van der Waals surface area contributed by atoms with Gasteiger partial charge in [-0.15, -0.1) is 0 Å². The normalized spacial score (nSPS) is 11.1. The van der Waals surface area contributed by atoms with Gasteiger partial charge >= 0.3 is 0 Å². The van der Waals surface area contributed by atoms with Gasteiger partial charge in [-0.1, -0.05) is 24.3 Å². The van der Waals surface area contributed by atoms with Gasteiger partial charge in [0.15, 0.2) is 5.78 Å². The number of aryl methyl sites for hydroxylation is 1. The lowest BCUT2D eigenvalue weighted by Gasteiger charge is -2.11. The maximum Gasteiger partial charge on any atom is 0.256 e. The van der Waals surface area contributed by atoms with Gasteiger partial charge in [0.2, 0.25) is 10.0 Å². The highest BCUT2D eigenvalue weighted by molar-refractivity contribution is 7.89. The van der Waals surface area contributed by atoms with E-state index in [0.29, 0.717) is 5.56 Å². The van der Waals surface area contributed by atoms with E-state index in [4.69, 9.17) is 5.14 Å². The van der Waals surface area contributed by atoms with Gasteiger partial charge in [-0.3, -0.25) is 9.59 Å². The summed E-state index contributed by atoms with van der Waals surface area (Å²) in [4.78, 5) is 25.4. The van der Waals surface area contributed by atoms with Crippen molar-refractivity contribution in [2.75, 3.05) is 5.32 Å². The van der Waals surface area contributed by atoms with Crippen LogP contribution < -0.4 is 10.5 Å². The van der Waals surface area contributed by atoms with E-state index in [1.165, 1.54) is 42.5 Å². The van der Waals surface area contributed by atoms with Crippen LogP contribution in [0.1, 0.15) is 31.8 Å². The molecule has 0 fully saturated rings. The molecule has 0 radical (unpaired) electrons. The molecule has 6 nitrogen and oxygen atoms in total. The zero-order chi connectivity index (χ0) is 21.2. The first-order chi connectivity index (χ1) is 13.7. The van der Waals surface area contributed by atoms with E-state index in [1.807, 2.05) is 0 Å². The largest absolute Gasteiger partial charge is 0.322 e. The van der Waals surface area contributed by atoms with Gasteiger partial charge in [0.1, 0.15) is 5.82 Å². The molecule has 0 unspecified atom stereocenters. The summed E-state index contributed by atoms with van der Waals surface area (Å²) >= 11 is 0. The molecule has 0 aromatic heterocycles. The Morgan fingerprint density at radius 1 is 0.931 bits per heavy atom. The maximum atomic E-state index is 13.1. The minimum Gasteiger partial charge on any atom is -0.322 e. The highest BCUT2D eigenvalue weighted by Gasteiger charge is 2.19. The summed E-state index contributed by atoms with van der Waals surface area (Å²) in [7, 11) is -3.95. The van der Waals surface area contributed by atoms with Crippen LogP contribution in [-0.4, -0.2) is 20.1 Å². The molecule has 0 spiro atoms. The number of sulfonamides is 1. The Morgan fingerprint density at radius 3 is 2.17 bits per heavy atom. The molecular weight excluding hydrogens is 395 g/mol. The second kappa shape index (κ2) is 7.94. The van der Waals surface area contributed by atoms with E-state index in [1.54, 1.807) is 19.1 Å². The molecule has 148 valence electrons. The molecule has 0 aliphatic heterocycles. The van der Waals surface area contributed by atoms with Crippen molar-refractivity contribution in [1.29, 1.82) is 0 Å². The zero-order valence-corrected chi connectivity index (χ0v) is 16.2. The summed E-state index contributed by atoms with van der Waals surface area (Å²) in [6.07, 6.45) is 0. The summed E-state index contributed by atoms with van der Waals surface area (Å²) < 4.78 is 36.5. The standard InChI is InChI=1S/C21H17FN2O4S/c1-13-6-11-16(12-19(13)29(23,27)28)24-21(26)18-5-3-2-4-17(18)20(25)14-7-9-15(22)10-8-14/h2-12H,1H3,(H,24,26)(H2,23,27,28). The number of ketones is 1. The van der Waals surface area contributed by atoms with E-state index in [0.717, 1.165) is 12.1 Å². The fourth-order valence-electron chi connectivity index (χ4n) is 2.82. The molecule has 0 aliphatic rings. The second-order valence-electron chi connectivity index (χ2n) is 6.36. The number of amides is 1. The molecule has 3 N–H and O–H groups in total. The third-order valence-corrected chi connectivity index (χ3v) is 5.33. The Kier molecular flexibility index (Phi) is 5.58. The summed E-state index contributed by atoms with van der Waals surface area (Å²) in [5.41, 5.74) is 1.12. The molecule has 0 saturated carbocycles. The first kappa shape index (κ1) is 20.4. The average Bonchev–Trinajstić information content (AvgIpc) is 2.68.